The highest BCUT2D eigenvalue weighted by Gasteiger charge is 2.58. The normalized spacial score (nSPS) is 39.5. The van der Waals surface area contributed by atoms with E-state index in [2.05, 4.69) is 19.2 Å². The summed E-state index contributed by atoms with van der Waals surface area (Å²) in [4.78, 5) is 0. The molecule has 82 valence electrons. The Balaban J connectivity index is 1.86. The molecule has 2 aliphatic rings. The summed E-state index contributed by atoms with van der Waals surface area (Å²) in [5, 5.41) is 3.39. The van der Waals surface area contributed by atoms with Crippen molar-refractivity contribution in [3.63, 3.8) is 0 Å². The first-order valence-electron chi connectivity index (χ1n) is 5.37. The topological polar surface area (TPSA) is 46.2 Å². The molecular weight excluding hydrogens is 198 g/mol. The van der Waals surface area contributed by atoms with Crippen LogP contribution in [0.4, 0.5) is 0 Å². The molecule has 3 nitrogen and oxygen atoms in total. The van der Waals surface area contributed by atoms with Crippen molar-refractivity contribution in [1.82, 2.24) is 5.32 Å². The highest BCUT2D eigenvalue weighted by atomic mass is 32.2. The van der Waals surface area contributed by atoms with Gasteiger partial charge in [-0.15, -0.1) is 0 Å². The number of hydrogen-bond donors (Lipinski definition) is 1. The van der Waals surface area contributed by atoms with Crippen LogP contribution in [-0.2, 0) is 9.84 Å². The second kappa shape index (κ2) is 3.20. The fourth-order valence-corrected chi connectivity index (χ4v) is 4.76. The van der Waals surface area contributed by atoms with Crippen LogP contribution in [0.2, 0.25) is 0 Å². The third kappa shape index (κ3) is 1.96. The zero-order valence-electron chi connectivity index (χ0n) is 8.91. The van der Waals surface area contributed by atoms with Gasteiger partial charge in [-0.2, -0.15) is 0 Å². The van der Waals surface area contributed by atoms with Crippen molar-refractivity contribution in [1.29, 1.82) is 0 Å². The van der Waals surface area contributed by atoms with Crippen LogP contribution < -0.4 is 5.32 Å². The van der Waals surface area contributed by atoms with E-state index in [1.54, 1.807) is 0 Å². The molecule has 2 rings (SSSR count). The zero-order chi connectivity index (χ0) is 10.4. The van der Waals surface area contributed by atoms with Crippen molar-refractivity contribution in [2.45, 2.75) is 32.7 Å². The van der Waals surface area contributed by atoms with E-state index in [0.29, 0.717) is 23.5 Å². The molecule has 1 heterocycles. The smallest absolute Gasteiger partial charge is 0.150 e. The van der Waals surface area contributed by atoms with E-state index in [1.165, 1.54) is 0 Å². The second-order valence-electron chi connectivity index (χ2n) is 5.17. The first-order valence-corrected chi connectivity index (χ1v) is 7.19. The molecule has 0 radical (unpaired) electrons. The lowest BCUT2D eigenvalue weighted by atomic mass is 10.0. The highest BCUT2D eigenvalue weighted by Crippen LogP contribution is 2.58. The van der Waals surface area contributed by atoms with Gasteiger partial charge < -0.3 is 5.32 Å². The Labute approximate surface area is 86.2 Å². The Kier molecular flexibility index (Phi) is 2.39. The van der Waals surface area contributed by atoms with Crippen LogP contribution in [0.5, 0.6) is 0 Å². The van der Waals surface area contributed by atoms with Crippen molar-refractivity contribution in [2.24, 2.45) is 11.3 Å². The maximum Gasteiger partial charge on any atom is 0.150 e. The maximum atomic E-state index is 11.3. The minimum Gasteiger partial charge on any atom is -0.314 e. The number of sulfone groups is 1. The van der Waals surface area contributed by atoms with Gasteiger partial charge in [0.1, 0.15) is 0 Å². The molecule has 2 atom stereocenters. The standard InChI is InChI=1S/C10H19NO2S/c1-8(2)11-6-9-5-10(9)3-4-14(12,13)7-10/h8-9,11H,3-7H2,1-2H3. The van der Waals surface area contributed by atoms with Gasteiger partial charge in [0.05, 0.1) is 11.5 Å². The molecule has 2 unspecified atom stereocenters. The first-order chi connectivity index (χ1) is 6.44. The van der Waals surface area contributed by atoms with Gasteiger partial charge >= 0.3 is 0 Å². The van der Waals surface area contributed by atoms with Gasteiger partial charge in [0, 0.05) is 6.04 Å². The summed E-state index contributed by atoms with van der Waals surface area (Å²) in [7, 11) is -2.69. The Morgan fingerprint density at radius 1 is 1.50 bits per heavy atom. The third-order valence-electron chi connectivity index (χ3n) is 3.55. The highest BCUT2D eigenvalue weighted by molar-refractivity contribution is 7.91. The SMILES string of the molecule is CC(C)NCC1CC12CCS(=O)(=O)C2. The lowest BCUT2D eigenvalue weighted by Gasteiger charge is -2.10. The van der Waals surface area contributed by atoms with Gasteiger partial charge in [-0.05, 0) is 30.7 Å². The van der Waals surface area contributed by atoms with Gasteiger partial charge in [-0.3, -0.25) is 0 Å². The van der Waals surface area contributed by atoms with Crippen molar-refractivity contribution in [3.05, 3.63) is 0 Å². The lowest BCUT2D eigenvalue weighted by Crippen LogP contribution is -2.26. The van der Waals surface area contributed by atoms with E-state index >= 15 is 0 Å². The van der Waals surface area contributed by atoms with E-state index in [1.807, 2.05) is 0 Å². The first kappa shape index (κ1) is 10.4. The Hall–Kier alpha value is -0.0900. The summed E-state index contributed by atoms with van der Waals surface area (Å²) in [5.41, 5.74) is 0.181. The van der Waals surface area contributed by atoms with Crippen LogP contribution in [0, 0.1) is 11.3 Å². The summed E-state index contributed by atoms with van der Waals surface area (Å²) >= 11 is 0. The van der Waals surface area contributed by atoms with Crippen molar-refractivity contribution < 1.29 is 8.42 Å². The van der Waals surface area contributed by atoms with Gasteiger partial charge in [0.25, 0.3) is 0 Å². The Morgan fingerprint density at radius 3 is 2.71 bits per heavy atom. The van der Waals surface area contributed by atoms with E-state index in [9.17, 15) is 8.42 Å². The fraction of sp³-hybridized carbons (Fsp3) is 1.00. The van der Waals surface area contributed by atoms with Crippen LogP contribution in [0.1, 0.15) is 26.7 Å². The zero-order valence-corrected chi connectivity index (χ0v) is 9.73. The van der Waals surface area contributed by atoms with Gasteiger partial charge in [-0.25, -0.2) is 8.42 Å². The third-order valence-corrected chi connectivity index (χ3v) is 5.39. The average molecular weight is 217 g/mol. The van der Waals surface area contributed by atoms with E-state index in [-0.39, 0.29) is 5.41 Å². The van der Waals surface area contributed by atoms with Crippen LogP contribution in [0.15, 0.2) is 0 Å². The predicted octanol–water partition coefficient (Wildman–Crippen LogP) is 0.809. The van der Waals surface area contributed by atoms with E-state index < -0.39 is 9.84 Å². The summed E-state index contributed by atoms with van der Waals surface area (Å²) in [6, 6.07) is 0.505. The number of nitrogens with one attached hydrogen (secondary N) is 1. The summed E-state index contributed by atoms with van der Waals surface area (Å²) in [6.45, 7) is 5.24. The Bertz CT molecular complexity index is 323. The van der Waals surface area contributed by atoms with Crippen molar-refractivity contribution >= 4 is 9.84 Å². The van der Waals surface area contributed by atoms with Crippen LogP contribution in [-0.4, -0.2) is 32.5 Å². The molecule has 1 N–H and O–H groups in total. The monoisotopic (exact) mass is 217 g/mol. The predicted molar refractivity (Wildman–Crippen MR) is 56.9 cm³/mol. The van der Waals surface area contributed by atoms with Gasteiger partial charge in [-0.1, -0.05) is 13.8 Å². The molecule has 1 spiro atoms. The second-order valence-corrected chi connectivity index (χ2v) is 7.35. The van der Waals surface area contributed by atoms with Crippen LogP contribution >= 0.6 is 0 Å². The molecule has 1 aliphatic carbocycles. The molecule has 2 fully saturated rings. The lowest BCUT2D eigenvalue weighted by molar-refractivity contribution is 0.468. The average Bonchev–Trinajstić information content (AvgIpc) is 2.61. The quantitative estimate of drug-likeness (QED) is 0.761. The molecule has 1 saturated heterocycles. The molecule has 0 aromatic rings. The van der Waals surface area contributed by atoms with Gasteiger partial charge in [0.2, 0.25) is 0 Å². The molecule has 0 aromatic heterocycles. The summed E-state index contributed by atoms with van der Waals surface area (Å²) in [6.07, 6.45) is 2.02. The molecule has 0 amide bonds. The maximum absolute atomic E-state index is 11.3. The number of rotatable bonds is 3. The summed E-state index contributed by atoms with van der Waals surface area (Å²) < 4.78 is 22.7. The largest absolute Gasteiger partial charge is 0.314 e. The fourth-order valence-electron chi connectivity index (χ4n) is 2.52. The number of hydrogen-bond acceptors (Lipinski definition) is 3. The van der Waals surface area contributed by atoms with Crippen LogP contribution in [0.3, 0.4) is 0 Å². The summed E-state index contributed by atoms with van der Waals surface area (Å²) in [5.74, 6) is 1.48. The van der Waals surface area contributed by atoms with Crippen molar-refractivity contribution in [3.8, 4) is 0 Å². The van der Waals surface area contributed by atoms with E-state index in [4.69, 9.17) is 0 Å². The Morgan fingerprint density at radius 2 is 2.21 bits per heavy atom. The minimum absolute atomic E-state index is 0.181. The van der Waals surface area contributed by atoms with E-state index in [0.717, 1.165) is 19.4 Å². The molecule has 1 saturated carbocycles. The molecule has 14 heavy (non-hydrogen) atoms. The molecule has 4 heteroatoms. The van der Waals surface area contributed by atoms with Crippen LogP contribution in [0.25, 0.3) is 0 Å². The molecule has 1 aliphatic heterocycles. The molecule has 0 aromatic carbocycles. The molecule has 0 bridgehead atoms. The van der Waals surface area contributed by atoms with Crippen molar-refractivity contribution in [2.75, 3.05) is 18.1 Å². The molecular formula is C10H19NO2S. The minimum atomic E-state index is -2.69. The van der Waals surface area contributed by atoms with Gasteiger partial charge in [0.15, 0.2) is 9.84 Å².